The molecule has 0 heterocycles. The molecule has 0 aromatic heterocycles. The highest BCUT2D eigenvalue weighted by atomic mass is 16.6. The average molecular weight is 426 g/mol. The Balaban J connectivity index is 3.77. The molecule has 0 aliphatic heterocycles. The summed E-state index contributed by atoms with van der Waals surface area (Å²) in [6.07, 6.45) is 19.1. The molecule has 0 saturated heterocycles. The highest BCUT2D eigenvalue weighted by Gasteiger charge is 2.17. The lowest BCUT2D eigenvalue weighted by Gasteiger charge is -2.27. The number of rotatable bonds is 16. The normalized spacial score (nSPS) is 13.6. The number of ether oxygens (including phenoxy) is 2. The molecule has 1 N–H and O–H groups in total. The Bertz CT molecular complexity index is 446. The van der Waals surface area contributed by atoms with Gasteiger partial charge in [-0.3, -0.25) is 0 Å². The summed E-state index contributed by atoms with van der Waals surface area (Å²) < 4.78 is 11.5. The van der Waals surface area contributed by atoms with Crippen molar-refractivity contribution in [3.05, 3.63) is 12.2 Å². The molecule has 0 saturated carbocycles. The highest BCUT2D eigenvalue weighted by molar-refractivity contribution is 5.67. The summed E-state index contributed by atoms with van der Waals surface area (Å²) in [6, 6.07) is 0. The first-order valence-electron chi connectivity index (χ1n) is 12.3. The number of hydrogen-bond acceptors (Lipinski definition) is 3. The molecule has 1 amide bonds. The van der Waals surface area contributed by atoms with E-state index in [2.05, 4.69) is 45.2 Å². The first kappa shape index (κ1) is 29.0. The number of amides is 1. The zero-order chi connectivity index (χ0) is 22.9. The number of unbranched alkanes of at least 4 members (excludes halogenated alkanes) is 8. The van der Waals surface area contributed by atoms with Crippen LogP contribution in [0, 0.1) is 0 Å². The van der Waals surface area contributed by atoms with Gasteiger partial charge >= 0.3 is 6.09 Å². The van der Waals surface area contributed by atoms with E-state index in [9.17, 15) is 4.79 Å². The van der Waals surface area contributed by atoms with Crippen molar-refractivity contribution >= 4 is 6.09 Å². The molecule has 0 radical (unpaired) electrons. The Labute approximate surface area is 187 Å². The maximum atomic E-state index is 11.6. The van der Waals surface area contributed by atoms with Gasteiger partial charge in [0.15, 0.2) is 0 Å². The van der Waals surface area contributed by atoms with Crippen LogP contribution in [0.1, 0.15) is 126 Å². The van der Waals surface area contributed by atoms with E-state index in [1.54, 1.807) is 0 Å². The van der Waals surface area contributed by atoms with Crippen LogP contribution in [0.25, 0.3) is 0 Å². The Morgan fingerprint density at radius 2 is 1.47 bits per heavy atom. The number of nitrogens with one attached hydrogen (secondary N) is 1. The van der Waals surface area contributed by atoms with Gasteiger partial charge in [0.25, 0.3) is 0 Å². The molecule has 0 aliphatic carbocycles. The molecule has 30 heavy (non-hydrogen) atoms. The van der Waals surface area contributed by atoms with Crippen molar-refractivity contribution in [1.82, 2.24) is 5.32 Å². The standard InChI is InChI=1S/C26H51NO3/c1-8-9-10-17-20-23(29-25(2,3)4)21-18-15-13-11-12-14-16-19-22-27-24(28)30-26(5,6)7/h15,18,23H,8-14,16-17,19-22H2,1-7H3,(H,27,28). The third kappa shape index (κ3) is 21.7. The van der Waals surface area contributed by atoms with Crippen LogP contribution >= 0.6 is 0 Å². The van der Waals surface area contributed by atoms with Crippen LogP contribution in [0.5, 0.6) is 0 Å². The number of hydrogen-bond donors (Lipinski definition) is 1. The van der Waals surface area contributed by atoms with E-state index in [0.29, 0.717) is 12.6 Å². The van der Waals surface area contributed by atoms with Gasteiger partial charge in [-0.05, 0) is 73.6 Å². The van der Waals surface area contributed by atoms with Crippen molar-refractivity contribution in [2.24, 2.45) is 0 Å². The topological polar surface area (TPSA) is 47.6 Å². The third-order valence-corrected chi connectivity index (χ3v) is 4.68. The van der Waals surface area contributed by atoms with E-state index in [-0.39, 0.29) is 11.7 Å². The van der Waals surface area contributed by atoms with Crippen LogP contribution in [0.3, 0.4) is 0 Å². The van der Waals surface area contributed by atoms with Gasteiger partial charge in [0.1, 0.15) is 5.60 Å². The van der Waals surface area contributed by atoms with Crippen LogP contribution in [0.15, 0.2) is 12.2 Å². The molecule has 1 unspecified atom stereocenters. The van der Waals surface area contributed by atoms with E-state index in [0.717, 1.165) is 25.7 Å². The SMILES string of the molecule is CCCCCCC(CC=CCCCCCCCNC(=O)OC(C)(C)C)OC(C)(C)C. The minimum atomic E-state index is -0.425. The van der Waals surface area contributed by atoms with Crippen LogP contribution in [-0.2, 0) is 9.47 Å². The van der Waals surface area contributed by atoms with Crippen molar-refractivity contribution in [2.75, 3.05) is 6.54 Å². The van der Waals surface area contributed by atoms with E-state index in [1.807, 2.05) is 20.8 Å². The van der Waals surface area contributed by atoms with E-state index in [4.69, 9.17) is 9.47 Å². The zero-order valence-corrected chi connectivity index (χ0v) is 21.1. The highest BCUT2D eigenvalue weighted by Crippen LogP contribution is 2.19. The quantitative estimate of drug-likeness (QED) is 0.201. The summed E-state index contributed by atoms with van der Waals surface area (Å²) in [4.78, 5) is 11.6. The molecule has 0 aromatic rings. The molecule has 0 bridgehead atoms. The molecule has 4 nitrogen and oxygen atoms in total. The van der Waals surface area contributed by atoms with Gasteiger partial charge < -0.3 is 14.8 Å². The number of alkyl carbamates (subject to hydrolysis) is 1. The first-order chi connectivity index (χ1) is 14.0. The molecule has 1 atom stereocenters. The number of carbonyl (C=O) groups is 1. The molecule has 0 fully saturated rings. The van der Waals surface area contributed by atoms with Gasteiger partial charge in [-0.25, -0.2) is 4.79 Å². The van der Waals surface area contributed by atoms with E-state index < -0.39 is 5.60 Å². The lowest BCUT2D eigenvalue weighted by molar-refractivity contribution is -0.0620. The summed E-state index contributed by atoms with van der Waals surface area (Å²) in [7, 11) is 0. The summed E-state index contributed by atoms with van der Waals surface area (Å²) >= 11 is 0. The molecule has 0 aliphatic rings. The maximum Gasteiger partial charge on any atom is 0.407 e. The fourth-order valence-electron chi connectivity index (χ4n) is 3.31. The predicted octanol–water partition coefficient (Wildman–Crippen LogP) is 7.95. The Kier molecular flexibility index (Phi) is 16.1. The van der Waals surface area contributed by atoms with Gasteiger partial charge in [-0.15, -0.1) is 0 Å². The molecule has 0 aromatic carbocycles. The summed E-state index contributed by atoms with van der Waals surface area (Å²) in [5, 5.41) is 2.82. The lowest BCUT2D eigenvalue weighted by Crippen LogP contribution is -2.32. The monoisotopic (exact) mass is 425 g/mol. The molecule has 0 spiro atoms. The van der Waals surface area contributed by atoms with Crippen molar-refractivity contribution in [3.8, 4) is 0 Å². The van der Waals surface area contributed by atoms with Gasteiger partial charge in [0.05, 0.1) is 11.7 Å². The minimum absolute atomic E-state index is 0.0679. The van der Waals surface area contributed by atoms with Crippen molar-refractivity contribution in [1.29, 1.82) is 0 Å². The van der Waals surface area contributed by atoms with Gasteiger partial charge in [0.2, 0.25) is 0 Å². The fraction of sp³-hybridized carbons (Fsp3) is 0.885. The summed E-state index contributed by atoms with van der Waals surface area (Å²) in [6.45, 7) is 15.1. The van der Waals surface area contributed by atoms with Crippen molar-refractivity contribution in [2.45, 2.75) is 143 Å². The lowest BCUT2D eigenvalue weighted by atomic mass is 10.0. The average Bonchev–Trinajstić information content (AvgIpc) is 2.60. The van der Waals surface area contributed by atoms with Crippen molar-refractivity contribution in [3.63, 3.8) is 0 Å². The smallest absolute Gasteiger partial charge is 0.407 e. The minimum Gasteiger partial charge on any atom is -0.444 e. The van der Waals surface area contributed by atoms with Crippen LogP contribution < -0.4 is 5.32 Å². The fourth-order valence-corrected chi connectivity index (χ4v) is 3.31. The zero-order valence-electron chi connectivity index (χ0n) is 21.1. The molecule has 4 heteroatoms. The first-order valence-corrected chi connectivity index (χ1v) is 12.3. The summed E-state index contributed by atoms with van der Waals surface area (Å²) in [5.74, 6) is 0. The molecule has 0 rings (SSSR count). The van der Waals surface area contributed by atoms with E-state index >= 15 is 0 Å². The second-order valence-corrected chi connectivity index (χ2v) is 10.4. The van der Waals surface area contributed by atoms with Crippen molar-refractivity contribution < 1.29 is 14.3 Å². The largest absolute Gasteiger partial charge is 0.444 e. The Hall–Kier alpha value is -1.03. The number of carbonyl (C=O) groups excluding carboxylic acids is 1. The molecular formula is C26H51NO3. The van der Waals surface area contributed by atoms with Gasteiger partial charge in [0, 0.05) is 6.54 Å². The van der Waals surface area contributed by atoms with E-state index in [1.165, 1.54) is 51.4 Å². The number of allylic oxidation sites excluding steroid dienone is 1. The second kappa shape index (κ2) is 16.6. The van der Waals surface area contributed by atoms with Crippen LogP contribution in [0.4, 0.5) is 4.79 Å². The molecule has 178 valence electrons. The summed E-state index contributed by atoms with van der Waals surface area (Å²) in [5.41, 5.74) is -0.493. The Morgan fingerprint density at radius 3 is 2.10 bits per heavy atom. The third-order valence-electron chi connectivity index (χ3n) is 4.68. The molecular weight excluding hydrogens is 374 g/mol. The predicted molar refractivity (Wildman–Crippen MR) is 129 cm³/mol. The Morgan fingerprint density at radius 1 is 0.833 bits per heavy atom. The van der Waals surface area contributed by atoms with Crippen LogP contribution in [-0.4, -0.2) is 29.9 Å². The van der Waals surface area contributed by atoms with Gasteiger partial charge in [-0.1, -0.05) is 64.0 Å². The van der Waals surface area contributed by atoms with Gasteiger partial charge in [-0.2, -0.15) is 0 Å². The van der Waals surface area contributed by atoms with Crippen LogP contribution in [0.2, 0.25) is 0 Å². The second-order valence-electron chi connectivity index (χ2n) is 10.4. The maximum absolute atomic E-state index is 11.6.